The van der Waals surface area contributed by atoms with Gasteiger partial charge >= 0.3 is 6.36 Å². The van der Waals surface area contributed by atoms with Crippen LogP contribution in [0.5, 0.6) is 5.75 Å². The number of halogens is 8. The van der Waals surface area contributed by atoms with E-state index in [1.165, 1.54) is 18.2 Å². The van der Waals surface area contributed by atoms with Crippen LogP contribution in [0.3, 0.4) is 0 Å². The summed E-state index contributed by atoms with van der Waals surface area (Å²) in [5.74, 6) is -6.24. The first-order valence-electron chi connectivity index (χ1n) is 13.9. The molecule has 0 fully saturated rings. The molecule has 224 valence electrons. The fraction of sp³-hybridized carbons (Fsp3) is 0.333. The van der Waals surface area contributed by atoms with Gasteiger partial charge in [0.1, 0.15) is 17.5 Å². The minimum absolute atomic E-state index is 0.0137. The van der Waals surface area contributed by atoms with Gasteiger partial charge in [0.2, 0.25) is 5.75 Å². The van der Waals surface area contributed by atoms with Crippen molar-refractivity contribution in [1.29, 1.82) is 0 Å². The van der Waals surface area contributed by atoms with Crippen molar-refractivity contribution in [3.05, 3.63) is 112 Å². The summed E-state index contributed by atoms with van der Waals surface area (Å²) in [6.07, 6.45) is -0.0658. The number of unbranched alkanes of at least 4 members (excludes halogenated alkanes) is 3. The van der Waals surface area contributed by atoms with Crippen LogP contribution in [0.2, 0.25) is 0 Å². The molecule has 0 saturated carbocycles. The Kier molecular flexibility index (Phi) is 10.1. The third kappa shape index (κ3) is 8.01. The van der Waals surface area contributed by atoms with E-state index in [-0.39, 0.29) is 36.0 Å². The lowest BCUT2D eigenvalue weighted by Crippen LogP contribution is -2.19. The first-order valence-corrected chi connectivity index (χ1v) is 13.9. The molecule has 0 aliphatic carbocycles. The Morgan fingerprint density at radius 1 is 0.595 bits per heavy atom. The van der Waals surface area contributed by atoms with Crippen LogP contribution >= 0.6 is 0 Å². The third-order valence-corrected chi connectivity index (χ3v) is 7.24. The van der Waals surface area contributed by atoms with E-state index in [0.717, 1.165) is 43.4 Å². The van der Waals surface area contributed by atoms with Gasteiger partial charge in [0.15, 0.2) is 11.6 Å². The highest BCUT2D eigenvalue weighted by Gasteiger charge is 2.34. The van der Waals surface area contributed by atoms with Crippen molar-refractivity contribution in [3.8, 4) is 5.75 Å². The Labute approximate surface area is 239 Å². The largest absolute Gasteiger partial charge is 0.573 e. The maximum Gasteiger partial charge on any atom is 0.573 e. The number of hydrogen-bond acceptors (Lipinski definition) is 1. The molecule has 9 heteroatoms. The van der Waals surface area contributed by atoms with E-state index in [1.54, 1.807) is 24.3 Å². The molecule has 0 heterocycles. The van der Waals surface area contributed by atoms with Crippen LogP contribution in [0.15, 0.2) is 54.6 Å². The van der Waals surface area contributed by atoms with E-state index in [2.05, 4.69) is 11.7 Å². The Bertz CT molecular complexity index is 1500. The molecule has 4 aromatic carbocycles. The Balaban J connectivity index is 1.41. The van der Waals surface area contributed by atoms with E-state index >= 15 is 4.39 Å². The van der Waals surface area contributed by atoms with Gasteiger partial charge in [-0.3, -0.25) is 0 Å². The van der Waals surface area contributed by atoms with Gasteiger partial charge in [0, 0.05) is 10.9 Å². The summed E-state index contributed by atoms with van der Waals surface area (Å²) in [5, 5.41) is 0.871. The average molecular weight is 595 g/mol. The van der Waals surface area contributed by atoms with Crippen LogP contribution in [0.1, 0.15) is 60.4 Å². The van der Waals surface area contributed by atoms with Crippen molar-refractivity contribution in [2.45, 2.75) is 71.1 Å². The van der Waals surface area contributed by atoms with Crippen molar-refractivity contribution in [1.82, 2.24) is 0 Å². The Hall–Kier alpha value is -3.62. The second kappa shape index (κ2) is 13.6. The van der Waals surface area contributed by atoms with Crippen molar-refractivity contribution in [2.75, 3.05) is 0 Å². The summed E-state index contributed by atoms with van der Waals surface area (Å²) >= 11 is 0. The number of hydrogen-bond donors (Lipinski definition) is 0. The molecular formula is C33H30F8O. The second-order valence-corrected chi connectivity index (χ2v) is 10.4. The maximum atomic E-state index is 15.2. The molecule has 0 bridgehead atoms. The average Bonchev–Trinajstić information content (AvgIpc) is 2.92. The molecule has 0 unspecified atom stereocenters. The molecular weight excluding hydrogens is 564 g/mol. The quantitative estimate of drug-likeness (QED) is 0.117. The summed E-state index contributed by atoms with van der Waals surface area (Å²) in [5.41, 5.74) is 1.72. The number of aryl methyl sites for hydroxylation is 4. The Morgan fingerprint density at radius 2 is 1.21 bits per heavy atom. The lowest BCUT2D eigenvalue weighted by Gasteiger charge is -2.12. The Morgan fingerprint density at radius 3 is 1.86 bits per heavy atom. The lowest BCUT2D eigenvalue weighted by atomic mass is 9.96. The van der Waals surface area contributed by atoms with Gasteiger partial charge in [0.05, 0.1) is 0 Å². The molecule has 0 radical (unpaired) electrons. The number of ether oxygens (including phenoxy) is 1. The summed E-state index contributed by atoms with van der Waals surface area (Å²) in [4.78, 5) is 0. The maximum absolute atomic E-state index is 15.2. The summed E-state index contributed by atoms with van der Waals surface area (Å²) in [6.45, 7) is 2.10. The van der Waals surface area contributed by atoms with Gasteiger partial charge in [-0.05, 0) is 90.4 Å². The first-order chi connectivity index (χ1) is 19.9. The first kappa shape index (κ1) is 31.3. The molecule has 0 spiro atoms. The van der Waals surface area contributed by atoms with Gasteiger partial charge in [-0.2, -0.15) is 0 Å². The van der Waals surface area contributed by atoms with Crippen LogP contribution in [-0.2, 0) is 32.1 Å². The molecule has 1 nitrogen and oxygen atoms in total. The molecule has 42 heavy (non-hydrogen) atoms. The van der Waals surface area contributed by atoms with E-state index < -0.39 is 41.2 Å². The van der Waals surface area contributed by atoms with E-state index in [4.69, 9.17) is 0 Å². The summed E-state index contributed by atoms with van der Waals surface area (Å²) in [6, 6.07) is 12.4. The van der Waals surface area contributed by atoms with Crippen molar-refractivity contribution in [3.63, 3.8) is 0 Å². The fourth-order valence-corrected chi connectivity index (χ4v) is 5.05. The van der Waals surface area contributed by atoms with Gasteiger partial charge in [0.25, 0.3) is 0 Å². The summed E-state index contributed by atoms with van der Waals surface area (Å²) in [7, 11) is 0. The second-order valence-electron chi connectivity index (χ2n) is 10.4. The zero-order chi connectivity index (χ0) is 30.4. The standard InChI is InChI=1S/C33H30F8O/c1-2-3-4-5-6-21-16-27(34)26(28(35)17-21)14-9-20-8-13-25-24(15-20)12-11-23(31(25)38)10-7-22-18-29(36)32(30(37)19-22)42-33(39,40)41/h8,11-13,15-19H,2-7,9-10,14H2,1H3. The molecule has 4 rings (SSSR count). The monoisotopic (exact) mass is 594 g/mol. The molecule has 0 N–H and O–H groups in total. The minimum atomic E-state index is -5.25. The van der Waals surface area contributed by atoms with Gasteiger partial charge in [-0.1, -0.05) is 56.5 Å². The third-order valence-electron chi connectivity index (χ3n) is 7.24. The SMILES string of the molecule is CCCCCCc1cc(F)c(CCc2ccc3c(F)c(CCc4cc(F)c(OC(F)(F)F)c(F)c4)ccc3c2)c(F)c1. The molecule has 4 aromatic rings. The predicted molar refractivity (Wildman–Crippen MR) is 146 cm³/mol. The van der Waals surface area contributed by atoms with Crippen LogP contribution in [0, 0.1) is 29.1 Å². The zero-order valence-electron chi connectivity index (χ0n) is 23.0. The molecule has 0 atom stereocenters. The van der Waals surface area contributed by atoms with Crippen LogP contribution in [-0.4, -0.2) is 6.36 Å². The van der Waals surface area contributed by atoms with Crippen molar-refractivity contribution < 1.29 is 39.9 Å². The van der Waals surface area contributed by atoms with Crippen molar-refractivity contribution >= 4 is 10.8 Å². The number of benzene rings is 4. The number of rotatable bonds is 12. The van der Waals surface area contributed by atoms with E-state index in [0.29, 0.717) is 29.2 Å². The normalized spacial score (nSPS) is 11.8. The van der Waals surface area contributed by atoms with Crippen molar-refractivity contribution in [2.24, 2.45) is 0 Å². The molecule has 0 aliphatic heterocycles. The number of alkyl halides is 3. The van der Waals surface area contributed by atoms with Gasteiger partial charge in [-0.25, -0.2) is 22.0 Å². The topological polar surface area (TPSA) is 9.23 Å². The highest BCUT2D eigenvalue weighted by Crippen LogP contribution is 2.30. The molecule has 0 aliphatic rings. The predicted octanol–water partition coefficient (Wildman–Crippen LogP) is 10.1. The lowest BCUT2D eigenvalue weighted by molar-refractivity contribution is -0.276. The zero-order valence-corrected chi connectivity index (χ0v) is 23.0. The smallest absolute Gasteiger partial charge is 0.399 e. The summed E-state index contributed by atoms with van der Waals surface area (Å²) < 4.78 is 113. The fourth-order valence-electron chi connectivity index (χ4n) is 5.05. The molecule has 0 aromatic heterocycles. The van der Waals surface area contributed by atoms with Gasteiger partial charge in [-0.15, -0.1) is 13.2 Å². The minimum Gasteiger partial charge on any atom is -0.399 e. The van der Waals surface area contributed by atoms with E-state index in [9.17, 15) is 30.7 Å². The highest BCUT2D eigenvalue weighted by molar-refractivity contribution is 5.84. The van der Waals surface area contributed by atoms with Crippen LogP contribution < -0.4 is 4.74 Å². The number of fused-ring (bicyclic) bond motifs is 1. The van der Waals surface area contributed by atoms with E-state index in [1.807, 2.05) is 0 Å². The molecule has 0 saturated heterocycles. The van der Waals surface area contributed by atoms with Crippen LogP contribution in [0.4, 0.5) is 35.1 Å². The highest BCUT2D eigenvalue weighted by atomic mass is 19.4. The van der Waals surface area contributed by atoms with Crippen LogP contribution in [0.25, 0.3) is 10.8 Å². The van der Waals surface area contributed by atoms with Gasteiger partial charge < -0.3 is 4.74 Å². The molecule has 0 amide bonds.